The molecule has 0 saturated carbocycles. The Kier molecular flexibility index (Phi) is 5.76. The molecule has 3 aromatic rings. The third-order valence-corrected chi connectivity index (χ3v) is 5.64. The molecule has 3 rings (SSSR count). The SMILES string of the molecule is CC(C)c1ccc(S(=O)(=O)Nc2ccc(NCc3ccncc3)cc2)cc1. The zero-order valence-electron chi connectivity index (χ0n) is 15.4. The number of rotatable bonds is 7. The second-order valence-electron chi connectivity index (χ2n) is 6.62. The lowest BCUT2D eigenvalue weighted by Gasteiger charge is -2.11. The first-order chi connectivity index (χ1) is 12.9. The number of anilines is 2. The van der Waals surface area contributed by atoms with Gasteiger partial charge in [0.25, 0.3) is 10.0 Å². The largest absolute Gasteiger partial charge is 0.381 e. The lowest BCUT2D eigenvalue weighted by molar-refractivity contribution is 0.601. The van der Waals surface area contributed by atoms with Crippen LogP contribution in [0.15, 0.2) is 78.0 Å². The number of sulfonamides is 1. The number of nitrogens with one attached hydrogen (secondary N) is 2. The molecule has 0 spiro atoms. The van der Waals surface area contributed by atoms with Crippen LogP contribution >= 0.6 is 0 Å². The van der Waals surface area contributed by atoms with Gasteiger partial charge in [-0.1, -0.05) is 26.0 Å². The summed E-state index contributed by atoms with van der Waals surface area (Å²) in [6.45, 7) is 4.83. The fraction of sp³-hybridized carbons (Fsp3) is 0.190. The molecule has 0 aliphatic rings. The Labute approximate surface area is 160 Å². The van der Waals surface area contributed by atoms with Crippen LogP contribution in [0.4, 0.5) is 11.4 Å². The monoisotopic (exact) mass is 381 g/mol. The summed E-state index contributed by atoms with van der Waals surface area (Å²) in [4.78, 5) is 4.25. The molecule has 0 bridgehead atoms. The van der Waals surface area contributed by atoms with E-state index in [2.05, 4.69) is 28.9 Å². The molecule has 1 aromatic heterocycles. The smallest absolute Gasteiger partial charge is 0.261 e. The Morgan fingerprint density at radius 1 is 0.852 bits per heavy atom. The van der Waals surface area contributed by atoms with Gasteiger partial charge in [0, 0.05) is 30.3 Å². The molecule has 0 fully saturated rings. The summed E-state index contributed by atoms with van der Waals surface area (Å²) >= 11 is 0. The zero-order chi connectivity index (χ0) is 19.3. The van der Waals surface area contributed by atoms with Crippen LogP contribution in [-0.2, 0) is 16.6 Å². The first kappa shape index (κ1) is 18.9. The molecule has 0 radical (unpaired) electrons. The Bertz CT molecular complexity index is 968. The standard InChI is InChI=1S/C21H23N3O2S/c1-16(2)18-3-9-21(10-4-18)27(25,26)24-20-7-5-19(6-8-20)23-15-17-11-13-22-14-12-17/h3-14,16,23-24H,15H2,1-2H3. The summed E-state index contributed by atoms with van der Waals surface area (Å²) in [6, 6.07) is 18.1. The summed E-state index contributed by atoms with van der Waals surface area (Å²) in [5, 5.41) is 3.29. The van der Waals surface area contributed by atoms with Crippen LogP contribution in [0.1, 0.15) is 30.9 Å². The van der Waals surface area contributed by atoms with Crippen molar-refractivity contribution in [3.05, 3.63) is 84.2 Å². The predicted octanol–water partition coefficient (Wildman–Crippen LogP) is 4.62. The van der Waals surface area contributed by atoms with E-state index >= 15 is 0 Å². The molecular weight excluding hydrogens is 358 g/mol. The van der Waals surface area contributed by atoms with Crippen LogP contribution in [0.2, 0.25) is 0 Å². The summed E-state index contributed by atoms with van der Waals surface area (Å²) in [5.41, 5.74) is 3.67. The van der Waals surface area contributed by atoms with Crippen molar-refractivity contribution in [3.63, 3.8) is 0 Å². The second-order valence-corrected chi connectivity index (χ2v) is 8.30. The first-order valence-corrected chi connectivity index (χ1v) is 10.3. The summed E-state index contributed by atoms with van der Waals surface area (Å²) in [7, 11) is -3.60. The van der Waals surface area contributed by atoms with Gasteiger partial charge >= 0.3 is 0 Å². The van der Waals surface area contributed by atoms with Crippen molar-refractivity contribution in [1.29, 1.82) is 0 Å². The van der Waals surface area contributed by atoms with E-state index < -0.39 is 10.0 Å². The molecule has 1 heterocycles. The molecule has 0 atom stereocenters. The van der Waals surface area contributed by atoms with Gasteiger partial charge in [-0.3, -0.25) is 9.71 Å². The normalized spacial score (nSPS) is 11.4. The molecule has 2 N–H and O–H groups in total. The molecule has 0 aliphatic heterocycles. The van der Waals surface area contributed by atoms with E-state index in [1.54, 1.807) is 36.7 Å². The molecule has 0 aliphatic carbocycles. The molecule has 0 unspecified atom stereocenters. The number of aromatic nitrogens is 1. The molecule has 0 saturated heterocycles. The third-order valence-electron chi connectivity index (χ3n) is 4.24. The van der Waals surface area contributed by atoms with Gasteiger partial charge in [0.05, 0.1) is 4.90 Å². The molecule has 140 valence electrons. The first-order valence-electron chi connectivity index (χ1n) is 8.80. The maximum absolute atomic E-state index is 12.5. The van der Waals surface area contributed by atoms with Gasteiger partial charge < -0.3 is 5.32 Å². The third kappa shape index (κ3) is 5.08. The van der Waals surface area contributed by atoms with Crippen LogP contribution < -0.4 is 10.0 Å². The highest BCUT2D eigenvalue weighted by Gasteiger charge is 2.14. The molecule has 6 heteroatoms. The van der Waals surface area contributed by atoms with E-state index in [-0.39, 0.29) is 4.90 Å². The van der Waals surface area contributed by atoms with Crippen molar-refractivity contribution < 1.29 is 8.42 Å². The van der Waals surface area contributed by atoms with Crippen LogP contribution in [0.25, 0.3) is 0 Å². The highest BCUT2D eigenvalue weighted by Crippen LogP contribution is 2.21. The molecular formula is C21H23N3O2S. The quantitative estimate of drug-likeness (QED) is 0.626. The molecule has 27 heavy (non-hydrogen) atoms. The van der Waals surface area contributed by atoms with Gasteiger partial charge in [-0.2, -0.15) is 0 Å². The maximum atomic E-state index is 12.5. The molecule has 2 aromatic carbocycles. The Balaban J connectivity index is 1.64. The lowest BCUT2D eigenvalue weighted by atomic mass is 10.0. The van der Waals surface area contributed by atoms with Crippen molar-refractivity contribution in [2.24, 2.45) is 0 Å². The van der Waals surface area contributed by atoms with E-state index in [4.69, 9.17) is 0 Å². The zero-order valence-corrected chi connectivity index (χ0v) is 16.2. The summed E-state index contributed by atoms with van der Waals surface area (Å²) in [5.74, 6) is 0.363. The second kappa shape index (κ2) is 8.22. The minimum Gasteiger partial charge on any atom is -0.381 e. The van der Waals surface area contributed by atoms with Crippen molar-refractivity contribution in [2.45, 2.75) is 31.2 Å². The van der Waals surface area contributed by atoms with E-state index in [9.17, 15) is 8.42 Å². The number of hydrogen-bond donors (Lipinski definition) is 2. The summed E-state index contributed by atoms with van der Waals surface area (Å²) in [6.07, 6.45) is 3.51. The highest BCUT2D eigenvalue weighted by molar-refractivity contribution is 7.92. The van der Waals surface area contributed by atoms with Crippen LogP contribution in [-0.4, -0.2) is 13.4 Å². The van der Waals surface area contributed by atoms with E-state index in [0.29, 0.717) is 18.2 Å². The van der Waals surface area contributed by atoms with Gasteiger partial charge in [0.1, 0.15) is 0 Å². The molecule has 0 amide bonds. The predicted molar refractivity (Wildman–Crippen MR) is 109 cm³/mol. The van der Waals surface area contributed by atoms with Crippen molar-refractivity contribution in [1.82, 2.24) is 4.98 Å². The van der Waals surface area contributed by atoms with Gasteiger partial charge in [-0.05, 0) is 65.6 Å². The van der Waals surface area contributed by atoms with Crippen molar-refractivity contribution >= 4 is 21.4 Å². The fourth-order valence-corrected chi connectivity index (χ4v) is 3.67. The van der Waals surface area contributed by atoms with Crippen LogP contribution in [0.3, 0.4) is 0 Å². The minimum atomic E-state index is -3.60. The van der Waals surface area contributed by atoms with Crippen molar-refractivity contribution in [2.75, 3.05) is 10.0 Å². The van der Waals surface area contributed by atoms with Gasteiger partial charge in [-0.25, -0.2) is 8.42 Å². The fourth-order valence-electron chi connectivity index (χ4n) is 2.61. The Morgan fingerprint density at radius 3 is 2.04 bits per heavy atom. The maximum Gasteiger partial charge on any atom is 0.261 e. The Morgan fingerprint density at radius 2 is 1.44 bits per heavy atom. The molecule has 5 nitrogen and oxygen atoms in total. The van der Waals surface area contributed by atoms with Crippen LogP contribution in [0, 0.1) is 0 Å². The number of pyridine rings is 1. The van der Waals surface area contributed by atoms with Gasteiger partial charge in [0.2, 0.25) is 0 Å². The lowest BCUT2D eigenvalue weighted by Crippen LogP contribution is -2.13. The number of hydrogen-bond acceptors (Lipinski definition) is 4. The van der Waals surface area contributed by atoms with Crippen LogP contribution in [0.5, 0.6) is 0 Å². The van der Waals surface area contributed by atoms with E-state index in [0.717, 1.165) is 16.8 Å². The topological polar surface area (TPSA) is 71.1 Å². The Hall–Kier alpha value is -2.86. The van der Waals surface area contributed by atoms with Gasteiger partial charge in [-0.15, -0.1) is 0 Å². The number of nitrogens with zero attached hydrogens (tertiary/aromatic N) is 1. The average molecular weight is 382 g/mol. The average Bonchev–Trinajstić information content (AvgIpc) is 2.68. The summed E-state index contributed by atoms with van der Waals surface area (Å²) < 4.78 is 27.7. The highest BCUT2D eigenvalue weighted by atomic mass is 32.2. The van der Waals surface area contributed by atoms with E-state index in [1.165, 1.54) is 0 Å². The minimum absolute atomic E-state index is 0.256. The van der Waals surface area contributed by atoms with Gasteiger partial charge in [0.15, 0.2) is 0 Å². The number of benzene rings is 2. The van der Waals surface area contributed by atoms with Crippen molar-refractivity contribution in [3.8, 4) is 0 Å². The van der Waals surface area contributed by atoms with E-state index in [1.807, 2.05) is 36.4 Å².